The smallest absolute Gasteiger partial charge is 0.251 e. The predicted molar refractivity (Wildman–Crippen MR) is 89.2 cm³/mol. The van der Waals surface area contributed by atoms with E-state index in [1.165, 1.54) is 19.3 Å². The van der Waals surface area contributed by atoms with E-state index in [9.17, 15) is 9.90 Å². The molecule has 3 nitrogen and oxygen atoms in total. The molecule has 1 aromatic rings. The number of carbonyl (C=O) groups is 1. The van der Waals surface area contributed by atoms with Crippen molar-refractivity contribution in [3.8, 4) is 5.75 Å². The Hall–Kier alpha value is -0.780. The molecule has 4 heteroatoms. The van der Waals surface area contributed by atoms with Crippen molar-refractivity contribution in [2.75, 3.05) is 0 Å². The van der Waals surface area contributed by atoms with Gasteiger partial charge in [-0.2, -0.15) is 0 Å². The Bertz CT molecular complexity index is 563. The van der Waals surface area contributed by atoms with Crippen LogP contribution in [0.5, 0.6) is 5.75 Å². The molecule has 0 aromatic heterocycles. The van der Waals surface area contributed by atoms with E-state index in [-0.39, 0.29) is 17.2 Å². The van der Waals surface area contributed by atoms with Crippen LogP contribution >= 0.6 is 22.6 Å². The summed E-state index contributed by atoms with van der Waals surface area (Å²) in [5.41, 5.74) is 0.605. The van der Waals surface area contributed by atoms with E-state index in [0.717, 1.165) is 40.6 Å². The van der Waals surface area contributed by atoms with Gasteiger partial charge in [-0.1, -0.05) is 0 Å². The fraction of sp³-hybridized carbons (Fsp3) is 0.588. The molecule has 2 N–H and O–H groups in total. The molecule has 0 saturated heterocycles. The second-order valence-corrected chi connectivity index (χ2v) is 8.48. The number of carbonyl (C=O) groups excluding carboxylic acids is 1. The van der Waals surface area contributed by atoms with Crippen LogP contribution in [0.3, 0.4) is 0 Å². The zero-order valence-electron chi connectivity index (χ0n) is 11.9. The van der Waals surface area contributed by atoms with E-state index in [4.69, 9.17) is 0 Å². The standard InChI is InChI=1S/C17H20INO2/c18-14-2-1-13(6-15(14)20)16(21)19-17-7-10-3-11(8-17)5-12(4-10)9-17/h1-2,6,10-12,20H,3-5,7-9H2,(H,19,21). The molecular weight excluding hydrogens is 377 g/mol. The van der Waals surface area contributed by atoms with E-state index in [1.807, 2.05) is 0 Å². The molecule has 1 aromatic carbocycles. The van der Waals surface area contributed by atoms with E-state index in [1.54, 1.807) is 18.2 Å². The number of rotatable bonds is 2. The molecule has 5 rings (SSSR count). The molecule has 0 radical (unpaired) electrons. The second-order valence-electron chi connectivity index (χ2n) is 7.32. The van der Waals surface area contributed by atoms with Crippen LogP contribution in [-0.2, 0) is 0 Å². The molecule has 4 fully saturated rings. The van der Waals surface area contributed by atoms with Crippen LogP contribution in [0.2, 0.25) is 0 Å². The summed E-state index contributed by atoms with van der Waals surface area (Å²) >= 11 is 2.07. The fourth-order valence-corrected chi connectivity index (χ4v) is 5.57. The Morgan fingerprint density at radius 2 is 1.71 bits per heavy atom. The molecule has 4 saturated carbocycles. The number of hydrogen-bond acceptors (Lipinski definition) is 2. The zero-order valence-corrected chi connectivity index (χ0v) is 14.1. The Morgan fingerprint density at radius 3 is 2.24 bits per heavy atom. The molecule has 0 spiro atoms. The third-order valence-electron chi connectivity index (χ3n) is 5.63. The van der Waals surface area contributed by atoms with Gasteiger partial charge in [-0.15, -0.1) is 0 Å². The van der Waals surface area contributed by atoms with Gasteiger partial charge in [-0.25, -0.2) is 0 Å². The fourth-order valence-electron chi connectivity index (χ4n) is 5.23. The normalized spacial score (nSPS) is 36.7. The third kappa shape index (κ3) is 2.45. The summed E-state index contributed by atoms with van der Waals surface area (Å²) in [6, 6.07) is 5.18. The first-order chi connectivity index (χ1) is 10.0. The van der Waals surface area contributed by atoms with Crippen molar-refractivity contribution in [2.24, 2.45) is 17.8 Å². The first-order valence-electron chi connectivity index (χ1n) is 7.84. The second kappa shape index (κ2) is 4.86. The van der Waals surface area contributed by atoms with Gasteiger partial charge in [0.25, 0.3) is 5.91 Å². The van der Waals surface area contributed by atoms with E-state index in [2.05, 4.69) is 27.9 Å². The third-order valence-corrected chi connectivity index (χ3v) is 6.54. The summed E-state index contributed by atoms with van der Waals surface area (Å²) in [5.74, 6) is 2.63. The Morgan fingerprint density at radius 1 is 1.14 bits per heavy atom. The lowest BCUT2D eigenvalue weighted by Crippen LogP contribution is -2.59. The highest BCUT2D eigenvalue weighted by molar-refractivity contribution is 14.1. The van der Waals surface area contributed by atoms with E-state index >= 15 is 0 Å². The number of aromatic hydroxyl groups is 1. The van der Waals surface area contributed by atoms with Crippen molar-refractivity contribution >= 4 is 28.5 Å². The summed E-state index contributed by atoms with van der Waals surface area (Å²) in [6.07, 6.45) is 7.58. The van der Waals surface area contributed by atoms with Gasteiger partial charge in [0.2, 0.25) is 0 Å². The van der Waals surface area contributed by atoms with Gasteiger partial charge >= 0.3 is 0 Å². The number of phenolic OH excluding ortho intramolecular Hbond substituents is 1. The molecule has 0 aliphatic heterocycles. The van der Waals surface area contributed by atoms with Gasteiger partial charge in [-0.3, -0.25) is 4.79 Å². The molecule has 21 heavy (non-hydrogen) atoms. The minimum atomic E-state index is -0.0244. The maximum Gasteiger partial charge on any atom is 0.251 e. The van der Waals surface area contributed by atoms with E-state index in [0.29, 0.717) is 5.56 Å². The highest BCUT2D eigenvalue weighted by atomic mass is 127. The monoisotopic (exact) mass is 397 g/mol. The lowest BCUT2D eigenvalue weighted by atomic mass is 9.53. The number of phenols is 1. The lowest BCUT2D eigenvalue weighted by Gasteiger charge is -2.56. The van der Waals surface area contributed by atoms with Gasteiger partial charge in [0, 0.05) is 11.1 Å². The minimum absolute atomic E-state index is 0.0244. The summed E-state index contributed by atoms with van der Waals surface area (Å²) < 4.78 is 0.777. The predicted octanol–water partition coefficient (Wildman–Crippen LogP) is 3.70. The SMILES string of the molecule is O=C(NC12CC3CC(CC(C3)C1)C2)c1ccc(I)c(O)c1. The van der Waals surface area contributed by atoms with Crippen molar-refractivity contribution in [1.29, 1.82) is 0 Å². The zero-order chi connectivity index (χ0) is 14.6. The van der Waals surface area contributed by atoms with Crippen LogP contribution in [0.4, 0.5) is 0 Å². The first-order valence-corrected chi connectivity index (χ1v) is 8.92. The van der Waals surface area contributed by atoms with Gasteiger partial charge in [0.15, 0.2) is 0 Å². The van der Waals surface area contributed by atoms with Gasteiger partial charge in [0.1, 0.15) is 5.75 Å². The summed E-state index contributed by atoms with van der Waals surface area (Å²) in [6.45, 7) is 0. The van der Waals surface area contributed by atoms with Crippen LogP contribution in [0, 0.1) is 21.3 Å². The van der Waals surface area contributed by atoms with Gasteiger partial charge in [0.05, 0.1) is 3.57 Å². The van der Waals surface area contributed by atoms with Crippen molar-refractivity contribution in [3.05, 3.63) is 27.3 Å². The van der Waals surface area contributed by atoms with Gasteiger partial charge < -0.3 is 10.4 Å². The van der Waals surface area contributed by atoms with Gasteiger partial charge in [-0.05, 0) is 97.1 Å². The van der Waals surface area contributed by atoms with Crippen molar-refractivity contribution in [1.82, 2.24) is 5.32 Å². The van der Waals surface area contributed by atoms with Crippen molar-refractivity contribution < 1.29 is 9.90 Å². The average molecular weight is 397 g/mol. The maximum absolute atomic E-state index is 12.6. The molecule has 0 atom stereocenters. The van der Waals surface area contributed by atoms with Crippen LogP contribution in [0.15, 0.2) is 18.2 Å². The molecule has 0 unspecified atom stereocenters. The average Bonchev–Trinajstić information content (AvgIpc) is 2.39. The topological polar surface area (TPSA) is 49.3 Å². The van der Waals surface area contributed by atoms with Crippen molar-refractivity contribution in [3.63, 3.8) is 0 Å². The molecule has 4 bridgehead atoms. The lowest BCUT2D eigenvalue weighted by molar-refractivity contribution is -0.0167. The van der Waals surface area contributed by atoms with E-state index < -0.39 is 0 Å². The molecule has 0 heterocycles. The van der Waals surface area contributed by atoms with Crippen LogP contribution < -0.4 is 5.32 Å². The number of amides is 1. The summed E-state index contributed by atoms with van der Waals surface area (Å²) in [7, 11) is 0. The number of hydrogen-bond donors (Lipinski definition) is 2. The van der Waals surface area contributed by atoms with Crippen LogP contribution in [0.25, 0.3) is 0 Å². The highest BCUT2D eigenvalue weighted by Crippen LogP contribution is 2.55. The molecular formula is C17H20INO2. The Balaban J connectivity index is 1.55. The molecule has 4 aliphatic carbocycles. The minimum Gasteiger partial charge on any atom is -0.507 e. The largest absolute Gasteiger partial charge is 0.507 e. The maximum atomic E-state index is 12.6. The number of halogens is 1. The summed E-state index contributed by atoms with van der Waals surface area (Å²) in [5, 5.41) is 13.1. The quantitative estimate of drug-likeness (QED) is 0.748. The highest BCUT2D eigenvalue weighted by Gasteiger charge is 2.51. The first kappa shape index (κ1) is 13.9. The molecule has 1 amide bonds. The Kier molecular flexibility index (Phi) is 3.21. The Labute approximate surface area is 138 Å². The number of benzene rings is 1. The summed E-state index contributed by atoms with van der Waals surface area (Å²) in [4.78, 5) is 12.6. The number of nitrogens with one attached hydrogen (secondary N) is 1. The van der Waals surface area contributed by atoms with Crippen molar-refractivity contribution in [2.45, 2.75) is 44.1 Å². The molecule has 112 valence electrons. The van der Waals surface area contributed by atoms with Crippen LogP contribution in [-0.4, -0.2) is 16.6 Å². The molecule has 4 aliphatic rings. The van der Waals surface area contributed by atoms with Crippen LogP contribution in [0.1, 0.15) is 48.9 Å².